The Hall–Kier alpha value is -7.16. The normalized spacial score (nSPS) is 11.3. The summed E-state index contributed by atoms with van der Waals surface area (Å²) in [4.78, 5) is 2.45. The van der Waals surface area contributed by atoms with E-state index in [2.05, 4.69) is 228 Å². The molecule has 0 N–H and O–H groups in total. The summed E-state index contributed by atoms with van der Waals surface area (Å²) in [5.41, 5.74) is 14.0. The van der Waals surface area contributed by atoms with Crippen LogP contribution in [0.5, 0.6) is 0 Å². The standard InChI is InChI=1S/C52H36N2/c1-5-16-37(17-6-1)40-28-31-45(32-29-40)53(46-26-15-23-41(34-46)38-18-7-2-8-19-38)50-36-43-22-13-14-27-47(43)52-51(50)48-33-30-42(39-20-9-3-10-21-39)35-49(48)54(52)44-24-11-4-12-25-44/h1-36H. The van der Waals surface area contributed by atoms with Crippen molar-refractivity contribution in [1.82, 2.24) is 4.57 Å². The number of hydrogen-bond donors (Lipinski definition) is 0. The van der Waals surface area contributed by atoms with Crippen LogP contribution in [-0.2, 0) is 0 Å². The van der Waals surface area contributed by atoms with Gasteiger partial charge in [-0.25, -0.2) is 0 Å². The Bertz CT molecular complexity index is 2890. The van der Waals surface area contributed by atoms with Gasteiger partial charge in [0.15, 0.2) is 0 Å². The van der Waals surface area contributed by atoms with Gasteiger partial charge in [0.05, 0.1) is 16.7 Å². The molecule has 10 rings (SSSR count). The molecule has 10 aromatic rings. The molecule has 1 aromatic heterocycles. The third-order valence-electron chi connectivity index (χ3n) is 10.5. The van der Waals surface area contributed by atoms with Crippen LogP contribution in [0, 0.1) is 0 Å². The van der Waals surface area contributed by atoms with Gasteiger partial charge in [0, 0.05) is 33.2 Å². The fraction of sp³-hybridized carbons (Fsp3) is 0. The van der Waals surface area contributed by atoms with E-state index < -0.39 is 0 Å². The molecule has 0 atom stereocenters. The number of anilines is 3. The molecule has 54 heavy (non-hydrogen) atoms. The maximum Gasteiger partial charge on any atom is 0.0640 e. The minimum atomic E-state index is 1.10. The molecule has 0 radical (unpaired) electrons. The van der Waals surface area contributed by atoms with E-state index in [-0.39, 0.29) is 0 Å². The molecule has 0 saturated carbocycles. The number of aromatic nitrogens is 1. The van der Waals surface area contributed by atoms with Crippen molar-refractivity contribution in [1.29, 1.82) is 0 Å². The number of rotatable bonds is 7. The van der Waals surface area contributed by atoms with Crippen molar-refractivity contribution in [2.45, 2.75) is 0 Å². The molecule has 0 fully saturated rings. The summed E-state index contributed by atoms with van der Waals surface area (Å²) in [5, 5.41) is 4.83. The highest BCUT2D eigenvalue weighted by molar-refractivity contribution is 6.25. The van der Waals surface area contributed by atoms with Gasteiger partial charge in [-0.05, 0) is 87.3 Å². The Kier molecular flexibility index (Phi) is 7.85. The lowest BCUT2D eigenvalue weighted by Gasteiger charge is -2.28. The Morgan fingerprint density at radius 3 is 1.52 bits per heavy atom. The summed E-state index contributed by atoms with van der Waals surface area (Å²) >= 11 is 0. The molecule has 254 valence electrons. The number of fused-ring (bicyclic) bond motifs is 5. The van der Waals surface area contributed by atoms with Crippen LogP contribution >= 0.6 is 0 Å². The van der Waals surface area contributed by atoms with Gasteiger partial charge in [-0.3, -0.25) is 0 Å². The van der Waals surface area contributed by atoms with Gasteiger partial charge in [-0.1, -0.05) is 170 Å². The molecule has 2 nitrogen and oxygen atoms in total. The summed E-state index contributed by atoms with van der Waals surface area (Å²) < 4.78 is 2.47. The monoisotopic (exact) mass is 688 g/mol. The largest absolute Gasteiger partial charge is 0.310 e. The lowest BCUT2D eigenvalue weighted by molar-refractivity contribution is 1.19. The first-order chi connectivity index (χ1) is 26.8. The summed E-state index contributed by atoms with van der Waals surface area (Å²) in [5.74, 6) is 0. The van der Waals surface area contributed by atoms with Gasteiger partial charge >= 0.3 is 0 Å². The van der Waals surface area contributed by atoms with E-state index in [1.54, 1.807) is 0 Å². The van der Waals surface area contributed by atoms with E-state index in [9.17, 15) is 0 Å². The summed E-state index contributed by atoms with van der Waals surface area (Å²) in [7, 11) is 0. The molecular weight excluding hydrogens is 653 g/mol. The van der Waals surface area contributed by atoms with Crippen molar-refractivity contribution in [2.24, 2.45) is 0 Å². The highest BCUT2D eigenvalue weighted by atomic mass is 15.1. The lowest BCUT2D eigenvalue weighted by Crippen LogP contribution is -2.11. The van der Waals surface area contributed by atoms with Crippen LogP contribution in [0.2, 0.25) is 0 Å². The Balaban J connectivity index is 1.30. The quantitative estimate of drug-likeness (QED) is 0.162. The van der Waals surface area contributed by atoms with Crippen LogP contribution < -0.4 is 4.90 Å². The molecule has 0 bridgehead atoms. The van der Waals surface area contributed by atoms with Crippen molar-refractivity contribution >= 4 is 49.6 Å². The molecular formula is C52H36N2. The molecule has 0 aliphatic carbocycles. The average molecular weight is 689 g/mol. The van der Waals surface area contributed by atoms with Crippen molar-refractivity contribution < 1.29 is 0 Å². The van der Waals surface area contributed by atoms with Crippen molar-refractivity contribution in [3.05, 3.63) is 218 Å². The highest BCUT2D eigenvalue weighted by Gasteiger charge is 2.24. The Labute approximate surface area is 315 Å². The molecule has 0 aliphatic heterocycles. The number of nitrogens with zero attached hydrogens (tertiary/aromatic N) is 2. The third kappa shape index (κ3) is 5.53. The van der Waals surface area contributed by atoms with Gasteiger partial charge in [0.1, 0.15) is 0 Å². The second kappa shape index (κ2) is 13.4. The Morgan fingerprint density at radius 1 is 0.333 bits per heavy atom. The summed E-state index contributed by atoms with van der Waals surface area (Å²) in [6.45, 7) is 0. The lowest BCUT2D eigenvalue weighted by atomic mass is 9.99. The van der Waals surface area contributed by atoms with Crippen LogP contribution in [-0.4, -0.2) is 4.57 Å². The zero-order chi connectivity index (χ0) is 35.8. The van der Waals surface area contributed by atoms with E-state index in [1.165, 1.54) is 66.0 Å². The first-order valence-electron chi connectivity index (χ1n) is 18.5. The SMILES string of the molecule is c1ccc(-c2ccc(N(c3cccc(-c4ccccc4)c3)c3cc4ccccc4c4c3c3ccc(-c5ccccc5)cc3n4-c3ccccc3)cc2)cc1. The molecule has 0 spiro atoms. The van der Waals surface area contributed by atoms with Gasteiger partial charge in [0.2, 0.25) is 0 Å². The number of benzene rings is 9. The van der Waals surface area contributed by atoms with E-state index in [4.69, 9.17) is 0 Å². The number of para-hydroxylation sites is 1. The van der Waals surface area contributed by atoms with Crippen molar-refractivity contribution in [3.8, 4) is 39.1 Å². The second-order valence-electron chi connectivity index (χ2n) is 13.8. The van der Waals surface area contributed by atoms with Crippen molar-refractivity contribution in [3.63, 3.8) is 0 Å². The zero-order valence-electron chi connectivity index (χ0n) is 29.7. The van der Waals surface area contributed by atoms with Crippen LogP contribution in [0.15, 0.2) is 218 Å². The number of hydrogen-bond acceptors (Lipinski definition) is 1. The van der Waals surface area contributed by atoms with Crippen molar-refractivity contribution in [2.75, 3.05) is 4.90 Å². The maximum absolute atomic E-state index is 2.47. The maximum atomic E-state index is 2.47. The second-order valence-corrected chi connectivity index (χ2v) is 13.8. The molecule has 0 saturated heterocycles. The van der Waals surface area contributed by atoms with Crippen LogP contribution in [0.1, 0.15) is 0 Å². The van der Waals surface area contributed by atoms with Gasteiger partial charge in [-0.2, -0.15) is 0 Å². The summed E-state index contributed by atoms with van der Waals surface area (Å²) in [6.07, 6.45) is 0. The molecule has 1 heterocycles. The third-order valence-corrected chi connectivity index (χ3v) is 10.5. The molecule has 2 heteroatoms. The first kappa shape index (κ1) is 31.6. The smallest absolute Gasteiger partial charge is 0.0640 e. The topological polar surface area (TPSA) is 8.17 Å². The fourth-order valence-corrected chi connectivity index (χ4v) is 8.01. The molecule has 0 aliphatic rings. The van der Waals surface area contributed by atoms with Crippen LogP contribution in [0.25, 0.3) is 71.6 Å². The molecule has 0 amide bonds. The Morgan fingerprint density at radius 2 is 0.852 bits per heavy atom. The van der Waals surface area contributed by atoms with Crippen LogP contribution in [0.3, 0.4) is 0 Å². The first-order valence-corrected chi connectivity index (χ1v) is 18.5. The fourth-order valence-electron chi connectivity index (χ4n) is 8.01. The van der Waals surface area contributed by atoms with E-state index in [1.807, 2.05) is 0 Å². The predicted molar refractivity (Wildman–Crippen MR) is 229 cm³/mol. The van der Waals surface area contributed by atoms with Crippen LogP contribution in [0.4, 0.5) is 17.1 Å². The highest BCUT2D eigenvalue weighted by Crippen LogP contribution is 2.48. The molecule has 0 unspecified atom stereocenters. The minimum absolute atomic E-state index is 1.10. The van der Waals surface area contributed by atoms with Gasteiger partial charge in [-0.15, -0.1) is 0 Å². The zero-order valence-corrected chi connectivity index (χ0v) is 29.7. The minimum Gasteiger partial charge on any atom is -0.310 e. The van der Waals surface area contributed by atoms with E-state index >= 15 is 0 Å². The predicted octanol–water partition coefficient (Wildman–Crippen LogP) is 14.4. The summed E-state index contributed by atoms with van der Waals surface area (Å²) in [6, 6.07) is 78.9. The van der Waals surface area contributed by atoms with E-state index in [0.717, 1.165) is 22.7 Å². The molecule has 9 aromatic carbocycles. The van der Waals surface area contributed by atoms with Gasteiger partial charge < -0.3 is 9.47 Å². The van der Waals surface area contributed by atoms with Gasteiger partial charge in [0.25, 0.3) is 0 Å². The van der Waals surface area contributed by atoms with E-state index in [0.29, 0.717) is 0 Å². The average Bonchev–Trinajstić information content (AvgIpc) is 3.60.